The van der Waals surface area contributed by atoms with Crippen molar-refractivity contribution < 1.29 is 19.4 Å². The molecule has 4 nitrogen and oxygen atoms in total. The van der Waals surface area contributed by atoms with Gasteiger partial charge in [-0.25, -0.2) is 4.79 Å². The fraction of sp³-hybridized carbons (Fsp3) is 0.727. The molecule has 0 unspecified atom stereocenters. The minimum Gasteiger partial charge on any atom is -0.463 e. The largest absolute Gasteiger partial charge is 0.463 e. The molecule has 1 aliphatic heterocycles. The van der Waals surface area contributed by atoms with E-state index < -0.39 is 12.1 Å². The van der Waals surface area contributed by atoms with Gasteiger partial charge in [-0.2, -0.15) is 0 Å². The molecule has 0 aromatic heterocycles. The molecule has 4 heteroatoms. The first-order valence-corrected chi connectivity index (χ1v) is 5.28. The van der Waals surface area contributed by atoms with Crippen LogP contribution in [0.5, 0.6) is 0 Å². The van der Waals surface area contributed by atoms with Gasteiger partial charge >= 0.3 is 5.97 Å². The second-order valence-electron chi connectivity index (χ2n) is 3.64. The molecule has 0 radical (unpaired) electrons. The van der Waals surface area contributed by atoms with E-state index in [2.05, 4.69) is 6.58 Å². The predicted octanol–water partition coefficient (Wildman–Crippen LogP) is 1.03. The number of aliphatic hydroxyl groups excluding tert-OH is 1. The number of epoxide rings is 1. The zero-order valence-corrected chi connectivity index (χ0v) is 9.23. The van der Waals surface area contributed by atoms with Gasteiger partial charge < -0.3 is 14.6 Å². The van der Waals surface area contributed by atoms with Crippen molar-refractivity contribution in [1.82, 2.24) is 0 Å². The third-order valence-electron chi connectivity index (χ3n) is 2.42. The highest BCUT2D eigenvalue weighted by Crippen LogP contribution is 2.30. The highest BCUT2D eigenvalue weighted by Gasteiger charge is 2.43. The first kappa shape index (κ1) is 12.2. The maximum absolute atomic E-state index is 11.2. The highest BCUT2D eigenvalue weighted by molar-refractivity contribution is 5.87. The van der Waals surface area contributed by atoms with Gasteiger partial charge in [0.1, 0.15) is 6.10 Å². The monoisotopic (exact) mass is 214 g/mol. The Kier molecular flexibility index (Phi) is 4.29. The first-order valence-electron chi connectivity index (χ1n) is 5.28. The van der Waals surface area contributed by atoms with E-state index in [-0.39, 0.29) is 18.6 Å². The molecule has 0 spiro atoms. The molecule has 1 rings (SSSR count). The Morgan fingerprint density at radius 2 is 2.27 bits per heavy atom. The smallest absolute Gasteiger partial charge is 0.333 e. The maximum Gasteiger partial charge on any atom is 0.333 e. The van der Waals surface area contributed by atoms with Crippen LogP contribution in [0.1, 0.15) is 26.7 Å². The van der Waals surface area contributed by atoms with Crippen LogP contribution in [0.4, 0.5) is 0 Å². The van der Waals surface area contributed by atoms with Crippen molar-refractivity contribution in [3.05, 3.63) is 12.2 Å². The second-order valence-corrected chi connectivity index (χ2v) is 3.64. The van der Waals surface area contributed by atoms with Crippen molar-refractivity contribution in [3.8, 4) is 0 Å². The Morgan fingerprint density at radius 1 is 1.60 bits per heavy atom. The number of rotatable bonds is 6. The molecule has 0 bridgehead atoms. The Hall–Kier alpha value is -0.870. The fourth-order valence-electron chi connectivity index (χ4n) is 1.51. The lowest BCUT2D eigenvalue weighted by Crippen LogP contribution is -2.20. The SMILES string of the molecule is C=C(C[C@@H](O)[C@@H]1O[C@@H]1CC)C(=O)OCC. The van der Waals surface area contributed by atoms with Crippen LogP contribution in [-0.2, 0) is 14.3 Å². The molecule has 86 valence electrons. The number of hydrogen-bond donors (Lipinski definition) is 1. The first-order chi connectivity index (χ1) is 7.10. The number of ether oxygens (including phenoxy) is 2. The standard InChI is InChI=1S/C11H18O4/c1-4-9-10(15-9)8(12)6-7(3)11(13)14-5-2/h8-10,12H,3-6H2,1-2H3/t8-,9-,10+/m1/s1. The minimum absolute atomic E-state index is 0.134. The van der Waals surface area contributed by atoms with Gasteiger partial charge in [0.2, 0.25) is 0 Å². The van der Waals surface area contributed by atoms with Crippen LogP contribution >= 0.6 is 0 Å². The van der Waals surface area contributed by atoms with Gasteiger partial charge in [-0.05, 0) is 13.3 Å². The van der Waals surface area contributed by atoms with E-state index in [0.717, 1.165) is 6.42 Å². The molecule has 0 amide bonds. The molecule has 0 saturated carbocycles. The lowest BCUT2D eigenvalue weighted by molar-refractivity contribution is -0.138. The summed E-state index contributed by atoms with van der Waals surface area (Å²) in [6.07, 6.45) is 0.455. The third-order valence-corrected chi connectivity index (χ3v) is 2.42. The van der Waals surface area contributed by atoms with Crippen LogP contribution in [0.25, 0.3) is 0 Å². The summed E-state index contributed by atoms with van der Waals surface area (Å²) in [5, 5.41) is 9.68. The van der Waals surface area contributed by atoms with Crippen molar-refractivity contribution in [2.45, 2.75) is 45.0 Å². The van der Waals surface area contributed by atoms with E-state index in [1.165, 1.54) is 0 Å². The molecule has 1 heterocycles. The molecular weight excluding hydrogens is 196 g/mol. The zero-order valence-electron chi connectivity index (χ0n) is 9.23. The van der Waals surface area contributed by atoms with Gasteiger partial charge in [-0.15, -0.1) is 0 Å². The van der Waals surface area contributed by atoms with Crippen LogP contribution in [0, 0.1) is 0 Å². The van der Waals surface area contributed by atoms with Crippen LogP contribution in [0.3, 0.4) is 0 Å². The van der Waals surface area contributed by atoms with E-state index in [1.807, 2.05) is 6.92 Å². The van der Waals surface area contributed by atoms with Crippen molar-refractivity contribution in [1.29, 1.82) is 0 Å². The molecule has 15 heavy (non-hydrogen) atoms. The van der Waals surface area contributed by atoms with Crippen molar-refractivity contribution in [2.24, 2.45) is 0 Å². The number of carbonyl (C=O) groups excluding carboxylic acids is 1. The van der Waals surface area contributed by atoms with Crippen LogP contribution in [0.2, 0.25) is 0 Å². The van der Waals surface area contributed by atoms with E-state index >= 15 is 0 Å². The molecule has 3 atom stereocenters. The van der Waals surface area contributed by atoms with E-state index in [0.29, 0.717) is 12.2 Å². The van der Waals surface area contributed by atoms with Gasteiger partial charge in [0.05, 0.1) is 18.8 Å². The third kappa shape index (κ3) is 3.32. The van der Waals surface area contributed by atoms with Crippen molar-refractivity contribution in [2.75, 3.05) is 6.61 Å². The molecule has 1 N–H and O–H groups in total. The molecular formula is C11H18O4. The molecule has 1 saturated heterocycles. The number of hydrogen-bond acceptors (Lipinski definition) is 4. The Morgan fingerprint density at radius 3 is 2.73 bits per heavy atom. The molecule has 0 aliphatic carbocycles. The average Bonchev–Trinajstić information content (AvgIpc) is 2.96. The summed E-state index contributed by atoms with van der Waals surface area (Å²) >= 11 is 0. The fourth-order valence-corrected chi connectivity index (χ4v) is 1.51. The van der Waals surface area contributed by atoms with Crippen LogP contribution in [0.15, 0.2) is 12.2 Å². The Balaban J connectivity index is 2.29. The highest BCUT2D eigenvalue weighted by atomic mass is 16.6. The minimum atomic E-state index is -0.646. The summed E-state index contributed by atoms with van der Waals surface area (Å²) in [7, 11) is 0. The lowest BCUT2D eigenvalue weighted by atomic mass is 10.0. The maximum atomic E-state index is 11.2. The summed E-state index contributed by atoms with van der Waals surface area (Å²) in [5.41, 5.74) is 0.301. The number of carbonyl (C=O) groups is 1. The summed E-state index contributed by atoms with van der Waals surface area (Å²) in [5.74, 6) is -0.440. The van der Waals surface area contributed by atoms with Gasteiger partial charge in [-0.1, -0.05) is 13.5 Å². The molecule has 1 fully saturated rings. The van der Waals surface area contributed by atoms with Gasteiger partial charge in [0, 0.05) is 12.0 Å². The van der Waals surface area contributed by atoms with Crippen LogP contribution in [-0.4, -0.2) is 36.0 Å². The van der Waals surface area contributed by atoms with Crippen molar-refractivity contribution >= 4 is 5.97 Å². The second kappa shape index (κ2) is 5.28. The van der Waals surface area contributed by atoms with Gasteiger partial charge in [0.25, 0.3) is 0 Å². The Labute approximate surface area is 89.9 Å². The number of aliphatic hydroxyl groups is 1. The van der Waals surface area contributed by atoms with Gasteiger partial charge in [0.15, 0.2) is 0 Å². The van der Waals surface area contributed by atoms with Gasteiger partial charge in [-0.3, -0.25) is 0 Å². The molecule has 0 aromatic rings. The summed E-state index contributed by atoms with van der Waals surface area (Å²) in [4.78, 5) is 11.2. The normalized spacial score (nSPS) is 25.8. The van der Waals surface area contributed by atoms with Crippen molar-refractivity contribution in [3.63, 3.8) is 0 Å². The zero-order chi connectivity index (χ0) is 11.4. The summed E-state index contributed by atoms with van der Waals surface area (Å²) in [6, 6.07) is 0. The Bertz CT molecular complexity index is 249. The number of esters is 1. The predicted molar refractivity (Wildman–Crippen MR) is 55.3 cm³/mol. The topological polar surface area (TPSA) is 59.1 Å². The van der Waals surface area contributed by atoms with E-state index in [1.54, 1.807) is 6.92 Å². The van der Waals surface area contributed by atoms with E-state index in [4.69, 9.17) is 9.47 Å². The molecule has 1 aliphatic rings. The summed E-state index contributed by atoms with van der Waals surface area (Å²) in [6.45, 7) is 7.64. The average molecular weight is 214 g/mol. The van der Waals surface area contributed by atoms with Crippen LogP contribution < -0.4 is 0 Å². The lowest BCUT2D eigenvalue weighted by Gasteiger charge is -2.09. The summed E-state index contributed by atoms with van der Waals surface area (Å²) < 4.78 is 9.99. The quantitative estimate of drug-likeness (QED) is 0.407. The molecule has 0 aromatic carbocycles. The van der Waals surface area contributed by atoms with E-state index in [9.17, 15) is 9.90 Å².